The van der Waals surface area contributed by atoms with Crippen LogP contribution in [0.25, 0.3) is 0 Å². The predicted octanol–water partition coefficient (Wildman–Crippen LogP) is 3.18. The first-order valence-corrected chi connectivity index (χ1v) is 6.71. The maximum Gasteiger partial charge on any atom is 0.351 e. The molecule has 116 valence electrons. The van der Waals surface area contributed by atoms with E-state index in [1.807, 2.05) is 30.3 Å². The minimum absolute atomic E-state index is 0.0313. The molecule has 0 bridgehead atoms. The number of anilines is 2. The molecule has 0 saturated carbocycles. The van der Waals surface area contributed by atoms with Crippen molar-refractivity contribution in [1.82, 2.24) is 0 Å². The van der Waals surface area contributed by atoms with Gasteiger partial charge in [-0.3, -0.25) is 11.3 Å². The van der Waals surface area contributed by atoms with Crippen molar-refractivity contribution in [3.63, 3.8) is 0 Å². The van der Waals surface area contributed by atoms with E-state index in [4.69, 9.17) is 22.6 Å². The summed E-state index contributed by atoms with van der Waals surface area (Å²) in [5.41, 5.74) is 6.79. The number of aliphatic carboxylic acids is 1. The zero-order valence-electron chi connectivity index (χ0n) is 12.0. The summed E-state index contributed by atoms with van der Waals surface area (Å²) in [7, 11) is 0. The second-order valence-electron chi connectivity index (χ2n) is 4.13. The number of hydrazone groups is 1. The molecular formula is C15H17ClN4O2. The minimum Gasteiger partial charge on any atom is -0.477 e. The van der Waals surface area contributed by atoms with Gasteiger partial charge in [0.1, 0.15) is 5.71 Å². The van der Waals surface area contributed by atoms with Crippen LogP contribution in [-0.2, 0) is 4.79 Å². The topological polar surface area (TPSA) is 99.7 Å². The molecule has 0 aliphatic carbocycles. The summed E-state index contributed by atoms with van der Waals surface area (Å²) in [6.07, 6.45) is 0. The van der Waals surface area contributed by atoms with Crippen LogP contribution in [0.4, 0.5) is 11.4 Å². The number of nitrogen functional groups attached to an aromatic ring is 1. The predicted molar refractivity (Wildman–Crippen MR) is 90.1 cm³/mol. The molecule has 0 aliphatic heterocycles. The molecule has 0 unspecified atom stereocenters. The van der Waals surface area contributed by atoms with Gasteiger partial charge in [0.25, 0.3) is 0 Å². The number of hydrogen-bond donors (Lipinski definition) is 4. The summed E-state index contributed by atoms with van der Waals surface area (Å²) in [5, 5.41) is 12.9. The van der Waals surface area contributed by atoms with Crippen LogP contribution in [0.1, 0.15) is 6.92 Å². The van der Waals surface area contributed by atoms with Crippen LogP contribution < -0.4 is 16.7 Å². The monoisotopic (exact) mass is 320 g/mol. The maximum absolute atomic E-state index is 10.3. The summed E-state index contributed by atoms with van der Waals surface area (Å²) in [6.45, 7) is 1.43. The molecule has 0 radical (unpaired) electrons. The van der Waals surface area contributed by atoms with E-state index in [9.17, 15) is 4.79 Å². The van der Waals surface area contributed by atoms with E-state index >= 15 is 0 Å². The second kappa shape index (κ2) is 9.38. The van der Waals surface area contributed by atoms with Gasteiger partial charge in [0, 0.05) is 10.7 Å². The number of rotatable bonds is 4. The molecule has 0 fully saturated rings. The maximum atomic E-state index is 10.3. The summed E-state index contributed by atoms with van der Waals surface area (Å²) < 4.78 is 0. The average Bonchev–Trinajstić information content (AvgIpc) is 2.55. The van der Waals surface area contributed by atoms with Gasteiger partial charge in [0.15, 0.2) is 0 Å². The van der Waals surface area contributed by atoms with Crippen LogP contribution in [-0.4, -0.2) is 16.8 Å². The number of carboxylic acid groups (broad SMARTS) is 1. The number of carbonyl (C=O) groups is 1. The van der Waals surface area contributed by atoms with Crippen molar-refractivity contribution in [3.8, 4) is 0 Å². The van der Waals surface area contributed by atoms with Gasteiger partial charge in [-0.25, -0.2) is 4.79 Å². The van der Waals surface area contributed by atoms with Crippen LogP contribution in [0, 0.1) is 0 Å². The van der Waals surface area contributed by atoms with Gasteiger partial charge in [0.05, 0.1) is 5.69 Å². The van der Waals surface area contributed by atoms with Gasteiger partial charge >= 0.3 is 5.97 Å². The average molecular weight is 321 g/mol. The van der Waals surface area contributed by atoms with Gasteiger partial charge in [0.2, 0.25) is 0 Å². The summed E-state index contributed by atoms with van der Waals surface area (Å²) >= 11 is 5.60. The zero-order valence-corrected chi connectivity index (χ0v) is 12.7. The fraction of sp³-hybridized carbons (Fsp3) is 0.0667. The lowest BCUT2D eigenvalue weighted by atomic mass is 10.3. The number of carboxylic acids is 1. The lowest BCUT2D eigenvalue weighted by Crippen LogP contribution is -2.10. The smallest absolute Gasteiger partial charge is 0.351 e. The third kappa shape index (κ3) is 6.74. The zero-order chi connectivity index (χ0) is 16.4. The van der Waals surface area contributed by atoms with Gasteiger partial charge in [-0.2, -0.15) is 5.10 Å². The third-order valence-corrected chi connectivity index (χ3v) is 2.70. The molecule has 2 rings (SSSR count). The fourth-order valence-electron chi connectivity index (χ4n) is 1.26. The molecule has 0 atom stereocenters. The fourth-order valence-corrected chi connectivity index (χ4v) is 1.38. The second-order valence-corrected chi connectivity index (χ2v) is 4.57. The molecule has 22 heavy (non-hydrogen) atoms. The first kappa shape index (κ1) is 17.5. The van der Waals surface area contributed by atoms with Crippen LogP contribution in [0.5, 0.6) is 0 Å². The van der Waals surface area contributed by atoms with E-state index in [1.54, 1.807) is 24.3 Å². The number of halogens is 1. The first-order chi connectivity index (χ1) is 10.5. The van der Waals surface area contributed by atoms with Crippen molar-refractivity contribution >= 4 is 34.7 Å². The lowest BCUT2D eigenvalue weighted by molar-refractivity contribution is -0.129. The van der Waals surface area contributed by atoms with Crippen molar-refractivity contribution in [3.05, 3.63) is 59.6 Å². The normalized spacial score (nSPS) is 10.2. The molecule has 0 amide bonds. The van der Waals surface area contributed by atoms with E-state index < -0.39 is 5.97 Å². The number of nitrogens with two attached hydrogens (primary N) is 1. The molecule has 0 heterocycles. The first-order valence-electron chi connectivity index (χ1n) is 6.33. The number of para-hydroxylation sites is 1. The Kier molecular flexibility index (Phi) is 7.45. The van der Waals surface area contributed by atoms with Crippen molar-refractivity contribution < 1.29 is 9.90 Å². The summed E-state index contributed by atoms with van der Waals surface area (Å²) in [5.74, 6) is 4.08. The highest BCUT2D eigenvalue weighted by atomic mass is 35.5. The number of nitrogens with one attached hydrogen (secondary N) is 2. The highest BCUT2D eigenvalue weighted by molar-refractivity contribution is 6.34. The Labute approximate surface area is 133 Å². The molecule has 2 aromatic carbocycles. The quantitative estimate of drug-likeness (QED) is 0.394. The Balaban J connectivity index is 0.000000235. The number of hydrogen-bond acceptors (Lipinski definition) is 5. The SMILES string of the molecule is CC(=NNc1ccccc1)C(=O)O.NNc1ccc(Cl)cc1. The molecule has 7 heteroatoms. The van der Waals surface area contributed by atoms with Crippen molar-refractivity contribution in [2.75, 3.05) is 10.9 Å². The van der Waals surface area contributed by atoms with E-state index in [-0.39, 0.29) is 5.71 Å². The Morgan fingerprint density at radius 2 is 1.68 bits per heavy atom. The summed E-state index contributed by atoms with van der Waals surface area (Å²) in [6, 6.07) is 16.3. The molecule has 0 aromatic heterocycles. The Bertz CT molecular complexity index is 615. The van der Waals surface area contributed by atoms with Crippen LogP contribution in [0.3, 0.4) is 0 Å². The molecule has 5 N–H and O–H groups in total. The van der Waals surface area contributed by atoms with E-state index in [2.05, 4.69) is 16.0 Å². The lowest BCUT2D eigenvalue weighted by Gasteiger charge is -1.98. The standard InChI is InChI=1S/C9H10N2O2.C6H7ClN2/c1-7(9(12)13)10-11-8-5-3-2-4-6-8;7-5-1-3-6(9-8)4-2-5/h2-6,11H,1H3,(H,12,13);1-4,9H,8H2. The van der Waals surface area contributed by atoms with Gasteiger partial charge in [-0.1, -0.05) is 29.8 Å². The summed E-state index contributed by atoms with van der Waals surface area (Å²) in [4.78, 5) is 10.3. The molecule has 0 aliphatic rings. The molecular weight excluding hydrogens is 304 g/mol. The Hall–Kier alpha value is -2.57. The number of nitrogens with zero attached hydrogens (tertiary/aromatic N) is 1. The van der Waals surface area contributed by atoms with E-state index in [1.165, 1.54) is 6.92 Å². The van der Waals surface area contributed by atoms with Gasteiger partial charge < -0.3 is 10.5 Å². The van der Waals surface area contributed by atoms with Crippen molar-refractivity contribution in [1.29, 1.82) is 0 Å². The van der Waals surface area contributed by atoms with E-state index in [0.29, 0.717) is 5.02 Å². The number of benzene rings is 2. The number of hydrazine groups is 1. The largest absolute Gasteiger partial charge is 0.477 e. The molecule has 0 saturated heterocycles. The Morgan fingerprint density at radius 1 is 1.09 bits per heavy atom. The highest BCUT2D eigenvalue weighted by Crippen LogP contribution is 2.11. The molecule has 6 nitrogen and oxygen atoms in total. The van der Waals surface area contributed by atoms with Crippen LogP contribution in [0.15, 0.2) is 59.7 Å². The highest BCUT2D eigenvalue weighted by Gasteiger charge is 1.99. The van der Waals surface area contributed by atoms with Crippen LogP contribution in [0.2, 0.25) is 5.02 Å². The molecule has 0 spiro atoms. The van der Waals surface area contributed by atoms with Gasteiger partial charge in [-0.15, -0.1) is 0 Å². The Morgan fingerprint density at radius 3 is 2.18 bits per heavy atom. The molecule has 2 aromatic rings. The minimum atomic E-state index is -1.02. The van der Waals surface area contributed by atoms with Gasteiger partial charge in [-0.05, 0) is 43.3 Å². The third-order valence-electron chi connectivity index (χ3n) is 2.45. The van der Waals surface area contributed by atoms with Crippen LogP contribution >= 0.6 is 11.6 Å². The van der Waals surface area contributed by atoms with E-state index in [0.717, 1.165) is 11.4 Å². The van der Waals surface area contributed by atoms with Crippen molar-refractivity contribution in [2.24, 2.45) is 10.9 Å². The van der Waals surface area contributed by atoms with Crippen molar-refractivity contribution in [2.45, 2.75) is 6.92 Å².